The Morgan fingerprint density at radius 2 is 1.85 bits per heavy atom. The monoisotopic (exact) mass is 451 g/mol. The molecule has 0 bridgehead atoms. The van der Waals surface area contributed by atoms with E-state index in [1.165, 1.54) is 29.7 Å². The Morgan fingerprint density at radius 1 is 1.03 bits per heavy atom. The summed E-state index contributed by atoms with van der Waals surface area (Å²) < 4.78 is 2.03. The van der Waals surface area contributed by atoms with Crippen LogP contribution in [-0.2, 0) is 6.54 Å². The summed E-state index contributed by atoms with van der Waals surface area (Å²) in [5.74, 6) is 0.749. The number of aromatic nitrogens is 3. The zero-order valence-corrected chi connectivity index (χ0v) is 19.6. The van der Waals surface area contributed by atoms with E-state index in [2.05, 4.69) is 81.7 Å². The third kappa shape index (κ3) is 3.92. The molecule has 0 atom stereocenters. The SMILES string of the molecule is CN(C)C1CCN(c2ccc(Nc3nc(-c4ccc5c(c4)CN=C5)cn4ccnc34)cc2)CC1. The molecule has 2 aliphatic heterocycles. The average molecular weight is 452 g/mol. The Bertz CT molecular complexity index is 1350. The molecule has 7 heteroatoms. The highest BCUT2D eigenvalue weighted by atomic mass is 15.2. The number of hydrogen-bond acceptors (Lipinski definition) is 6. The molecule has 0 unspecified atom stereocenters. The third-order valence-electron chi connectivity index (χ3n) is 6.99. The predicted octanol–water partition coefficient (Wildman–Crippen LogP) is 4.60. The first-order chi connectivity index (χ1) is 16.6. The largest absolute Gasteiger partial charge is 0.371 e. The molecule has 1 saturated heterocycles. The molecule has 0 aliphatic carbocycles. The minimum Gasteiger partial charge on any atom is -0.371 e. The lowest BCUT2D eigenvalue weighted by Crippen LogP contribution is -2.41. The van der Waals surface area contributed by atoms with Crippen LogP contribution < -0.4 is 10.2 Å². The average Bonchev–Trinajstić information content (AvgIpc) is 3.53. The van der Waals surface area contributed by atoms with Crippen LogP contribution in [0.25, 0.3) is 16.9 Å². The zero-order valence-electron chi connectivity index (χ0n) is 19.6. The second-order valence-electron chi connectivity index (χ2n) is 9.37. The molecule has 0 amide bonds. The van der Waals surface area contributed by atoms with Gasteiger partial charge in [-0.15, -0.1) is 0 Å². The van der Waals surface area contributed by atoms with Gasteiger partial charge in [-0.05, 0) is 68.4 Å². The summed E-state index contributed by atoms with van der Waals surface area (Å²) in [5, 5.41) is 3.50. The first-order valence-electron chi connectivity index (χ1n) is 11.9. The van der Waals surface area contributed by atoms with Crippen molar-refractivity contribution >= 4 is 29.1 Å². The van der Waals surface area contributed by atoms with Gasteiger partial charge in [0.2, 0.25) is 0 Å². The Hall–Kier alpha value is -3.71. The third-order valence-corrected chi connectivity index (χ3v) is 6.99. The van der Waals surface area contributed by atoms with Crippen molar-refractivity contribution in [3.8, 4) is 11.3 Å². The van der Waals surface area contributed by atoms with Crippen LogP contribution in [0.5, 0.6) is 0 Å². The van der Waals surface area contributed by atoms with Gasteiger partial charge in [-0.25, -0.2) is 9.97 Å². The van der Waals surface area contributed by atoms with Crippen LogP contribution in [-0.4, -0.2) is 58.7 Å². The fourth-order valence-corrected chi connectivity index (χ4v) is 4.96. The van der Waals surface area contributed by atoms with Crippen LogP contribution in [0.2, 0.25) is 0 Å². The van der Waals surface area contributed by atoms with E-state index in [9.17, 15) is 0 Å². The van der Waals surface area contributed by atoms with Crippen LogP contribution in [0.3, 0.4) is 0 Å². The molecule has 4 aromatic rings. The van der Waals surface area contributed by atoms with Crippen LogP contribution in [0.4, 0.5) is 17.2 Å². The van der Waals surface area contributed by atoms with Crippen molar-refractivity contribution in [1.82, 2.24) is 19.3 Å². The van der Waals surface area contributed by atoms with Gasteiger partial charge in [0.1, 0.15) is 0 Å². The molecule has 2 aromatic carbocycles. The molecule has 34 heavy (non-hydrogen) atoms. The van der Waals surface area contributed by atoms with Crippen LogP contribution >= 0.6 is 0 Å². The lowest BCUT2D eigenvalue weighted by molar-refractivity contribution is 0.249. The number of hydrogen-bond donors (Lipinski definition) is 1. The van der Waals surface area contributed by atoms with E-state index in [1.807, 2.05) is 29.2 Å². The highest BCUT2D eigenvalue weighted by Gasteiger charge is 2.20. The van der Waals surface area contributed by atoms with E-state index in [4.69, 9.17) is 4.98 Å². The number of piperidine rings is 1. The van der Waals surface area contributed by atoms with E-state index >= 15 is 0 Å². The van der Waals surface area contributed by atoms with E-state index < -0.39 is 0 Å². The summed E-state index contributed by atoms with van der Waals surface area (Å²) in [4.78, 5) is 18.7. The molecule has 1 fully saturated rings. The number of imidazole rings is 1. The van der Waals surface area contributed by atoms with Crippen molar-refractivity contribution in [3.05, 3.63) is 72.2 Å². The van der Waals surface area contributed by atoms with Gasteiger partial charge in [0, 0.05) is 60.9 Å². The van der Waals surface area contributed by atoms with Crippen molar-refractivity contribution in [2.24, 2.45) is 4.99 Å². The molecular formula is C27H29N7. The second-order valence-corrected chi connectivity index (χ2v) is 9.37. The number of nitrogens with zero attached hydrogens (tertiary/aromatic N) is 6. The van der Waals surface area contributed by atoms with Gasteiger partial charge in [-0.3, -0.25) is 4.99 Å². The Morgan fingerprint density at radius 3 is 2.65 bits per heavy atom. The molecule has 7 nitrogen and oxygen atoms in total. The highest BCUT2D eigenvalue weighted by Crippen LogP contribution is 2.29. The Labute approximate surface area is 199 Å². The van der Waals surface area contributed by atoms with Crippen LogP contribution in [0, 0.1) is 0 Å². The van der Waals surface area contributed by atoms with E-state index in [0.717, 1.165) is 48.0 Å². The Balaban J connectivity index is 1.24. The van der Waals surface area contributed by atoms with E-state index in [-0.39, 0.29) is 0 Å². The van der Waals surface area contributed by atoms with E-state index in [0.29, 0.717) is 6.04 Å². The molecule has 0 saturated carbocycles. The molecule has 2 aliphatic rings. The molecule has 0 spiro atoms. The lowest BCUT2D eigenvalue weighted by Gasteiger charge is -2.36. The summed E-state index contributed by atoms with van der Waals surface area (Å²) in [6.07, 6.45) is 10.1. The maximum absolute atomic E-state index is 4.95. The number of nitrogens with one attached hydrogen (secondary N) is 1. The number of fused-ring (bicyclic) bond motifs is 2. The van der Waals surface area contributed by atoms with Gasteiger partial charge >= 0.3 is 0 Å². The van der Waals surface area contributed by atoms with Gasteiger partial charge in [0.05, 0.1) is 12.2 Å². The van der Waals surface area contributed by atoms with Gasteiger partial charge < -0.3 is 19.5 Å². The summed E-state index contributed by atoms with van der Waals surface area (Å²) in [5.41, 5.74) is 7.51. The van der Waals surface area contributed by atoms with Crippen LogP contribution in [0.15, 0.2) is 66.0 Å². The van der Waals surface area contributed by atoms with Gasteiger partial charge in [-0.2, -0.15) is 0 Å². The van der Waals surface area contributed by atoms with Crippen molar-refractivity contribution in [3.63, 3.8) is 0 Å². The summed E-state index contributed by atoms with van der Waals surface area (Å²) in [7, 11) is 4.36. The number of aliphatic imine (C=N–C) groups is 1. The highest BCUT2D eigenvalue weighted by molar-refractivity contribution is 5.86. The molecule has 4 heterocycles. The topological polar surface area (TPSA) is 61.1 Å². The quantitative estimate of drug-likeness (QED) is 0.480. The smallest absolute Gasteiger partial charge is 0.180 e. The number of anilines is 3. The molecule has 0 radical (unpaired) electrons. The Kier molecular flexibility index (Phi) is 5.26. The summed E-state index contributed by atoms with van der Waals surface area (Å²) in [6, 6.07) is 15.8. The molecular weight excluding hydrogens is 422 g/mol. The van der Waals surface area contributed by atoms with Gasteiger partial charge in [-0.1, -0.05) is 12.1 Å². The van der Waals surface area contributed by atoms with E-state index in [1.54, 1.807) is 0 Å². The maximum atomic E-state index is 4.95. The van der Waals surface area contributed by atoms with Gasteiger partial charge in [0.15, 0.2) is 11.5 Å². The van der Waals surface area contributed by atoms with Gasteiger partial charge in [0.25, 0.3) is 0 Å². The molecule has 172 valence electrons. The lowest BCUT2D eigenvalue weighted by atomic mass is 10.0. The normalized spacial score (nSPS) is 15.9. The van der Waals surface area contributed by atoms with Crippen molar-refractivity contribution < 1.29 is 0 Å². The number of rotatable bonds is 5. The van der Waals surface area contributed by atoms with Crippen molar-refractivity contribution in [1.29, 1.82) is 0 Å². The predicted molar refractivity (Wildman–Crippen MR) is 138 cm³/mol. The maximum Gasteiger partial charge on any atom is 0.180 e. The fraction of sp³-hybridized carbons (Fsp3) is 0.296. The standard InChI is InChI=1S/C27H29N7/c1-32(2)23-9-12-33(13-10-23)24-7-5-22(6-8-24)30-26-27-29-11-14-34(27)18-25(31-26)19-3-4-20-16-28-17-21(20)15-19/h3-8,11,14-16,18,23H,9-10,12-13,17H2,1-2H3,(H,30,31). The van der Waals surface area contributed by atoms with Crippen molar-refractivity contribution in [2.75, 3.05) is 37.4 Å². The summed E-state index contributed by atoms with van der Waals surface area (Å²) in [6.45, 7) is 2.93. The first kappa shape index (κ1) is 20.9. The fourth-order valence-electron chi connectivity index (χ4n) is 4.96. The molecule has 1 N–H and O–H groups in total. The first-order valence-corrected chi connectivity index (χ1v) is 11.9. The minimum atomic E-state index is 0.686. The number of benzene rings is 2. The second kappa shape index (κ2) is 8.57. The summed E-state index contributed by atoms with van der Waals surface area (Å²) >= 11 is 0. The zero-order chi connectivity index (χ0) is 23.1. The van der Waals surface area contributed by atoms with Crippen molar-refractivity contribution in [2.45, 2.75) is 25.4 Å². The molecule has 2 aromatic heterocycles. The molecule has 6 rings (SSSR count). The minimum absolute atomic E-state index is 0.686. The van der Waals surface area contributed by atoms with Crippen LogP contribution in [0.1, 0.15) is 24.0 Å².